The molecule has 354 valence electrons. The molecule has 2 N–H and O–H groups in total. The summed E-state index contributed by atoms with van der Waals surface area (Å²) < 4.78 is 19.2. The molecule has 0 aromatic heterocycles. The van der Waals surface area contributed by atoms with E-state index in [1.807, 2.05) is 54.6 Å². The van der Waals surface area contributed by atoms with E-state index in [1.165, 1.54) is 241 Å². The lowest BCUT2D eigenvalue weighted by atomic mass is 9.84. The molecule has 0 aliphatic carbocycles. The Kier molecular flexibility index (Phi) is 31.2. The van der Waals surface area contributed by atoms with E-state index >= 15 is 0 Å². The molecule has 0 bridgehead atoms. The molecule has 0 radical (unpaired) electrons. The van der Waals surface area contributed by atoms with E-state index in [0.29, 0.717) is 23.2 Å². The van der Waals surface area contributed by atoms with Crippen LogP contribution in [0.25, 0.3) is 0 Å². The molecule has 0 aliphatic rings. The zero-order valence-electron chi connectivity index (χ0n) is 41.8. The van der Waals surface area contributed by atoms with Crippen LogP contribution < -0.4 is 19.7 Å². The van der Waals surface area contributed by atoms with Crippen LogP contribution in [0.15, 0.2) is 60.7 Å². The molecule has 63 heavy (non-hydrogen) atoms. The second kappa shape index (κ2) is 36.2. The van der Waals surface area contributed by atoms with Crippen LogP contribution in [0.2, 0.25) is 0 Å². The van der Waals surface area contributed by atoms with E-state index in [2.05, 4.69) is 40.7 Å². The lowest BCUT2D eigenvalue weighted by Gasteiger charge is -2.24. The quantitative estimate of drug-likeness (QED) is 0.0351. The van der Waals surface area contributed by atoms with Crippen molar-refractivity contribution in [1.29, 1.82) is 0 Å². The first-order chi connectivity index (χ1) is 30.9. The summed E-state index contributed by atoms with van der Waals surface area (Å²) in [6.45, 7) is 11.0. The molecular weight excluding hydrogens is 769 g/mol. The molecule has 3 aromatic carbocycles. The number of hydrogen-bond acceptors (Lipinski definition) is 4. The lowest BCUT2D eigenvalue weighted by molar-refractivity contribution is 0.307. The number of nitrogen functional groups attached to an aromatic ring is 1. The van der Waals surface area contributed by atoms with Crippen LogP contribution in [0.4, 0.5) is 5.69 Å². The van der Waals surface area contributed by atoms with Crippen molar-refractivity contribution in [3.05, 3.63) is 82.9 Å². The fourth-order valence-electron chi connectivity index (χ4n) is 9.31. The maximum absolute atomic E-state index is 7.15. The van der Waals surface area contributed by atoms with Gasteiger partial charge in [0.05, 0.1) is 5.69 Å². The Morgan fingerprint density at radius 3 is 1.00 bits per heavy atom. The summed E-state index contributed by atoms with van der Waals surface area (Å²) >= 11 is 0. The van der Waals surface area contributed by atoms with E-state index in [9.17, 15) is 0 Å². The van der Waals surface area contributed by atoms with Gasteiger partial charge in [-0.25, -0.2) is 0 Å². The Hall–Kier alpha value is -3.08. The summed E-state index contributed by atoms with van der Waals surface area (Å²) in [6, 6.07) is 20.2. The fraction of sp³-hybridized carbons (Fsp3) is 0.690. The van der Waals surface area contributed by atoms with Crippen LogP contribution in [0.3, 0.4) is 0 Å². The number of hydrogen-bond donors (Lipinski definition) is 1. The van der Waals surface area contributed by atoms with E-state index in [1.54, 1.807) is 0 Å². The van der Waals surface area contributed by atoms with Gasteiger partial charge in [-0.3, -0.25) is 0 Å². The first kappa shape index (κ1) is 54.3. The minimum Gasteiger partial charge on any atom is -0.490 e. The molecule has 0 saturated carbocycles. The van der Waals surface area contributed by atoms with E-state index in [-0.39, 0.29) is 0 Å². The Balaban J connectivity index is 1.52. The summed E-state index contributed by atoms with van der Waals surface area (Å²) in [6.07, 6.45) is 47.0. The zero-order chi connectivity index (χ0) is 45.0. The van der Waals surface area contributed by atoms with Gasteiger partial charge in [0.15, 0.2) is 0 Å². The molecule has 0 fully saturated rings. The SMILES string of the molecule is CCCCCCCCCCCCCCCCCCC(CCCCCCCCCCCCCCCCCC)c1c(C)ccc(OB(Oc2ccc(C)cc2)Oc2ccc(C)cc2)c1N. The molecule has 5 heteroatoms. The molecule has 0 unspecified atom stereocenters. The van der Waals surface area contributed by atoms with Gasteiger partial charge in [0, 0.05) is 0 Å². The van der Waals surface area contributed by atoms with Crippen molar-refractivity contribution in [2.75, 3.05) is 5.73 Å². The van der Waals surface area contributed by atoms with Gasteiger partial charge in [-0.2, -0.15) is 0 Å². The molecule has 3 rings (SSSR count). The van der Waals surface area contributed by atoms with Gasteiger partial charge in [0.1, 0.15) is 17.2 Å². The Morgan fingerprint density at radius 1 is 0.381 bits per heavy atom. The average molecular weight is 866 g/mol. The van der Waals surface area contributed by atoms with Crippen molar-refractivity contribution in [1.82, 2.24) is 0 Å². The molecule has 0 saturated heterocycles. The molecule has 3 aromatic rings. The predicted octanol–water partition coefficient (Wildman–Crippen LogP) is 19.1. The van der Waals surface area contributed by atoms with Gasteiger partial charge in [0.25, 0.3) is 0 Å². The number of benzene rings is 3. The van der Waals surface area contributed by atoms with Crippen LogP contribution in [-0.4, -0.2) is 7.32 Å². The van der Waals surface area contributed by atoms with Gasteiger partial charge >= 0.3 is 7.32 Å². The normalized spacial score (nSPS) is 11.4. The van der Waals surface area contributed by atoms with Gasteiger partial charge in [-0.1, -0.05) is 261 Å². The monoisotopic (exact) mass is 866 g/mol. The minimum atomic E-state index is -0.993. The molecule has 4 nitrogen and oxygen atoms in total. The van der Waals surface area contributed by atoms with Crippen LogP contribution >= 0.6 is 0 Å². The molecule has 0 amide bonds. The second-order valence-corrected chi connectivity index (χ2v) is 19.4. The van der Waals surface area contributed by atoms with Crippen LogP contribution in [0.5, 0.6) is 17.2 Å². The summed E-state index contributed by atoms with van der Waals surface area (Å²) in [5.74, 6) is 2.42. The van der Waals surface area contributed by atoms with Gasteiger partial charge in [0.2, 0.25) is 0 Å². The number of aryl methyl sites for hydroxylation is 3. The molecule has 0 atom stereocenters. The molecule has 0 aliphatic heterocycles. The van der Waals surface area contributed by atoms with Gasteiger partial charge < -0.3 is 19.7 Å². The van der Waals surface area contributed by atoms with Crippen LogP contribution in [0.1, 0.15) is 260 Å². The van der Waals surface area contributed by atoms with Crippen molar-refractivity contribution in [3.63, 3.8) is 0 Å². The van der Waals surface area contributed by atoms with Crippen molar-refractivity contribution in [3.8, 4) is 17.2 Å². The average Bonchev–Trinajstić information content (AvgIpc) is 3.28. The predicted molar refractivity (Wildman–Crippen MR) is 277 cm³/mol. The van der Waals surface area contributed by atoms with Gasteiger partial charge in [-0.15, -0.1) is 0 Å². The minimum absolute atomic E-state index is 0.418. The Bertz CT molecular complexity index is 1420. The first-order valence-electron chi connectivity index (χ1n) is 26.9. The van der Waals surface area contributed by atoms with Crippen molar-refractivity contribution < 1.29 is 14.0 Å². The smallest absolute Gasteiger partial charge is 0.490 e. The third-order valence-corrected chi connectivity index (χ3v) is 13.4. The van der Waals surface area contributed by atoms with E-state index < -0.39 is 7.32 Å². The van der Waals surface area contributed by atoms with Crippen molar-refractivity contribution in [2.24, 2.45) is 0 Å². The third kappa shape index (κ3) is 25.9. The Labute approximate surface area is 390 Å². The summed E-state index contributed by atoms with van der Waals surface area (Å²) in [7, 11) is -0.993. The highest BCUT2D eigenvalue weighted by molar-refractivity contribution is 6.39. The highest BCUT2D eigenvalue weighted by atomic mass is 16.7. The van der Waals surface area contributed by atoms with Crippen LogP contribution in [-0.2, 0) is 0 Å². The van der Waals surface area contributed by atoms with Crippen molar-refractivity contribution in [2.45, 2.75) is 259 Å². The topological polar surface area (TPSA) is 53.7 Å². The number of nitrogens with two attached hydrogens (primary N) is 1. The number of anilines is 1. The summed E-state index contributed by atoms with van der Waals surface area (Å²) in [4.78, 5) is 0. The Morgan fingerprint density at radius 2 is 0.683 bits per heavy atom. The summed E-state index contributed by atoms with van der Waals surface area (Å²) in [5.41, 5.74) is 12.7. The number of unbranched alkanes of at least 4 members (excludes halogenated alkanes) is 30. The fourth-order valence-corrected chi connectivity index (χ4v) is 9.31. The van der Waals surface area contributed by atoms with Crippen LogP contribution in [0, 0.1) is 20.8 Å². The second-order valence-electron chi connectivity index (χ2n) is 19.4. The van der Waals surface area contributed by atoms with Gasteiger partial charge in [-0.05, 0) is 81.0 Å². The molecular formula is C58H96BNO3. The maximum Gasteiger partial charge on any atom is 0.864 e. The highest BCUT2D eigenvalue weighted by Gasteiger charge is 2.32. The molecule has 0 heterocycles. The standard InChI is InChI=1S/C58H96BNO3/c1-6-8-10-12-14-16-18-20-22-24-26-28-30-32-34-36-38-53(39-37-35-33-31-29-27-25-23-21-19-17-15-13-11-9-7-2)57-52(5)44-49-56(58(57)60)63-59(61-54-45-40-50(3)41-46-54)62-55-47-42-51(4)43-48-55/h40-49,53H,6-39,60H2,1-5H3. The molecule has 0 spiro atoms. The zero-order valence-corrected chi connectivity index (χ0v) is 41.8. The maximum atomic E-state index is 7.15. The van der Waals surface area contributed by atoms with E-state index in [4.69, 9.17) is 19.7 Å². The lowest BCUT2D eigenvalue weighted by Crippen LogP contribution is -2.37. The van der Waals surface area contributed by atoms with Crippen molar-refractivity contribution >= 4 is 13.0 Å². The highest BCUT2D eigenvalue weighted by Crippen LogP contribution is 2.39. The third-order valence-electron chi connectivity index (χ3n) is 13.4. The van der Waals surface area contributed by atoms with E-state index in [0.717, 1.165) is 5.69 Å². The first-order valence-corrected chi connectivity index (χ1v) is 26.9. The number of rotatable bonds is 41. The summed E-state index contributed by atoms with van der Waals surface area (Å²) in [5, 5.41) is 0. The largest absolute Gasteiger partial charge is 0.864 e.